The number of benzene rings is 1. The zero-order valence-corrected chi connectivity index (χ0v) is 18.5. The normalized spacial score (nSPS) is 26.1. The number of nitrogens with zero attached hydrogens (tertiary/aromatic N) is 2. The van der Waals surface area contributed by atoms with Crippen LogP contribution < -0.4 is 0 Å². The Labute approximate surface area is 179 Å². The topological polar surface area (TPSA) is 76.4 Å². The molecule has 1 atom stereocenters. The van der Waals surface area contributed by atoms with E-state index in [-0.39, 0.29) is 5.76 Å². The minimum atomic E-state index is -1.03. The van der Waals surface area contributed by atoms with Crippen molar-refractivity contribution in [3.05, 3.63) is 40.1 Å². The fourth-order valence-corrected chi connectivity index (χ4v) is 5.74. The van der Waals surface area contributed by atoms with Crippen molar-refractivity contribution in [2.45, 2.75) is 77.5 Å². The highest BCUT2D eigenvalue weighted by Gasteiger charge is 2.55. The van der Waals surface area contributed by atoms with Crippen molar-refractivity contribution >= 4 is 5.57 Å². The summed E-state index contributed by atoms with van der Waals surface area (Å²) >= 11 is 0. The summed E-state index contributed by atoms with van der Waals surface area (Å²) in [7, 11) is 0. The van der Waals surface area contributed by atoms with Crippen molar-refractivity contribution in [1.82, 2.24) is 10.1 Å². The highest BCUT2D eigenvalue weighted by molar-refractivity contribution is 5.78. The smallest absolute Gasteiger partial charge is 0.160 e. The van der Waals surface area contributed by atoms with Gasteiger partial charge in [-0.05, 0) is 69.1 Å². The molecule has 1 saturated heterocycles. The molecule has 3 aliphatic rings. The molecule has 2 heterocycles. The molecule has 1 unspecified atom stereocenters. The number of aliphatic hydroxyl groups excluding tert-OH is 2. The van der Waals surface area contributed by atoms with E-state index >= 15 is 0 Å². The van der Waals surface area contributed by atoms with E-state index in [1.807, 2.05) is 13.8 Å². The molecule has 1 saturated carbocycles. The van der Waals surface area contributed by atoms with Crippen LogP contribution in [0, 0.1) is 26.7 Å². The van der Waals surface area contributed by atoms with Gasteiger partial charge >= 0.3 is 0 Å². The van der Waals surface area contributed by atoms with Gasteiger partial charge in [-0.15, -0.1) is 5.06 Å². The number of piperidine rings is 1. The first-order chi connectivity index (χ1) is 14.3. The Balaban J connectivity index is 1.69. The summed E-state index contributed by atoms with van der Waals surface area (Å²) in [5.41, 5.74) is 3.90. The molecule has 6 heteroatoms. The third kappa shape index (κ3) is 3.80. The molecule has 4 rings (SSSR count). The second-order valence-electron chi connectivity index (χ2n) is 9.52. The maximum absolute atomic E-state index is 11.5. The minimum Gasteiger partial charge on any atom is -0.510 e. The summed E-state index contributed by atoms with van der Waals surface area (Å²) in [4.78, 5) is 6.29. The van der Waals surface area contributed by atoms with Crippen molar-refractivity contribution in [3.8, 4) is 0 Å². The summed E-state index contributed by atoms with van der Waals surface area (Å²) in [6.07, 6.45) is 6.05. The van der Waals surface area contributed by atoms with Crippen LogP contribution in [0.2, 0.25) is 0 Å². The monoisotopic (exact) mass is 416 g/mol. The van der Waals surface area contributed by atoms with Crippen molar-refractivity contribution in [2.75, 3.05) is 19.7 Å². The van der Waals surface area contributed by atoms with Gasteiger partial charge in [0, 0.05) is 18.7 Å². The molecular formula is C24H36N2O4. The molecule has 1 spiro atoms. The number of aliphatic hydroxyl groups is 2. The fourth-order valence-electron chi connectivity index (χ4n) is 5.74. The van der Waals surface area contributed by atoms with Gasteiger partial charge in [-0.25, -0.2) is 0 Å². The maximum atomic E-state index is 11.5. The van der Waals surface area contributed by atoms with E-state index in [0.717, 1.165) is 35.1 Å². The molecule has 2 fully saturated rings. The molecule has 3 N–H and O–H groups in total. The van der Waals surface area contributed by atoms with Gasteiger partial charge in [-0.1, -0.05) is 37.0 Å². The number of aryl methyl sites for hydroxylation is 3. The highest BCUT2D eigenvalue weighted by Crippen LogP contribution is 2.48. The lowest BCUT2D eigenvalue weighted by atomic mass is 9.85. The van der Waals surface area contributed by atoms with Gasteiger partial charge in [-0.2, -0.15) is 5.06 Å². The SMILES string of the molecule is Cc1cc(C)c(C2=C(O)C3(CCN(O)CC3)N(OCC3CCCCC3)C2O)c(C)c1. The van der Waals surface area contributed by atoms with Crippen molar-refractivity contribution in [2.24, 2.45) is 5.92 Å². The van der Waals surface area contributed by atoms with E-state index in [1.165, 1.54) is 24.3 Å². The van der Waals surface area contributed by atoms with E-state index in [9.17, 15) is 15.4 Å². The van der Waals surface area contributed by atoms with Gasteiger partial charge < -0.3 is 15.4 Å². The molecule has 166 valence electrons. The Hall–Kier alpha value is -1.44. The predicted octanol–water partition coefficient (Wildman–Crippen LogP) is 4.25. The van der Waals surface area contributed by atoms with Gasteiger partial charge in [0.2, 0.25) is 0 Å². The van der Waals surface area contributed by atoms with Crippen LogP contribution in [0.4, 0.5) is 0 Å². The maximum Gasteiger partial charge on any atom is 0.160 e. The Morgan fingerprint density at radius 1 is 1.03 bits per heavy atom. The molecule has 0 aromatic heterocycles. The summed E-state index contributed by atoms with van der Waals surface area (Å²) in [6.45, 7) is 7.53. The molecule has 1 aromatic carbocycles. The molecule has 0 amide bonds. The van der Waals surface area contributed by atoms with E-state index in [2.05, 4.69) is 19.1 Å². The predicted molar refractivity (Wildman–Crippen MR) is 116 cm³/mol. The third-order valence-electron chi connectivity index (χ3n) is 7.29. The number of hydrogen-bond donors (Lipinski definition) is 3. The van der Waals surface area contributed by atoms with E-state index in [1.54, 1.807) is 5.06 Å². The largest absolute Gasteiger partial charge is 0.510 e. The first-order valence-corrected chi connectivity index (χ1v) is 11.4. The van der Waals surface area contributed by atoms with E-state index < -0.39 is 11.8 Å². The van der Waals surface area contributed by atoms with Crippen LogP contribution in [0.5, 0.6) is 0 Å². The summed E-state index contributed by atoms with van der Waals surface area (Å²) in [5.74, 6) is 0.691. The zero-order valence-electron chi connectivity index (χ0n) is 18.5. The van der Waals surface area contributed by atoms with Crippen LogP contribution in [-0.4, -0.2) is 57.0 Å². The molecule has 0 radical (unpaired) electrons. The second-order valence-corrected chi connectivity index (χ2v) is 9.52. The lowest BCUT2D eigenvalue weighted by molar-refractivity contribution is -0.283. The molecule has 6 nitrogen and oxygen atoms in total. The number of rotatable bonds is 4. The van der Waals surface area contributed by atoms with Crippen molar-refractivity contribution < 1.29 is 20.3 Å². The van der Waals surface area contributed by atoms with Gasteiger partial charge in [-0.3, -0.25) is 4.84 Å². The average Bonchev–Trinajstić information content (AvgIpc) is 2.90. The van der Waals surface area contributed by atoms with Crippen LogP contribution >= 0.6 is 0 Å². The second kappa shape index (κ2) is 8.60. The standard InChI is InChI=1S/C24H36N2O4/c1-16-13-17(2)20(18(3)14-16)21-22(27)24(9-11-25(29)12-10-24)26(23(21)28)30-15-19-7-5-4-6-8-19/h13-14,19,23,27-29H,4-12,15H2,1-3H3. The average molecular weight is 417 g/mol. The number of hydrogen-bond acceptors (Lipinski definition) is 6. The first kappa shape index (κ1) is 21.8. The lowest BCUT2D eigenvalue weighted by Crippen LogP contribution is -2.55. The van der Waals surface area contributed by atoms with E-state index in [4.69, 9.17) is 4.84 Å². The lowest BCUT2D eigenvalue weighted by Gasteiger charge is -2.43. The first-order valence-electron chi connectivity index (χ1n) is 11.4. The van der Waals surface area contributed by atoms with Crippen LogP contribution in [0.1, 0.15) is 67.2 Å². The van der Waals surface area contributed by atoms with Crippen LogP contribution in [0.25, 0.3) is 5.57 Å². The van der Waals surface area contributed by atoms with Crippen molar-refractivity contribution in [1.29, 1.82) is 0 Å². The zero-order chi connectivity index (χ0) is 21.5. The Bertz CT molecular complexity index is 784. The molecule has 1 aromatic rings. The van der Waals surface area contributed by atoms with Crippen LogP contribution in [-0.2, 0) is 4.84 Å². The fraction of sp³-hybridized carbons (Fsp3) is 0.667. The van der Waals surface area contributed by atoms with Gasteiger partial charge in [0.25, 0.3) is 0 Å². The van der Waals surface area contributed by atoms with Gasteiger partial charge in [0.15, 0.2) is 6.23 Å². The summed E-state index contributed by atoms with van der Waals surface area (Å²) in [6, 6.07) is 4.17. The Kier molecular flexibility index (Phi) is 6.24. The van der Waals surface area contributed by atoms with E-state index in [0.29, 0.717) is 44.0 Å². The molecule has 0 bridgehead atoms. The molecular weight excluding hydrogens is 380 g/mol. The van der Waals surface area contributed by atoms with Crippen molar-refractivity contribution in [3.63, 3.8) is 0 Å². The van der Waals surface area contributed by atoms with Gasteiger partial charge in [0.1, 0.15) is 11.3 Å². The Morgan fingerprint density at radius 3 is 2.23 bits per heavy atom. The summed E-state index contributed by atoms with van der Waals surface area (Å²) in [5, 5.41) is 35.8. The molecule has 30 heavy (non-hydrogen) atoms. The quantitative estimate of drug-likeness (QED) is 0.681. The Morgan fingerprint density at radius 2 is 1.63 bits per heavy atom. The molecule has 2 aliphatic heterocycles. The third-order valence-corrected chi connectivity index (χ3v) is 7.29. The van der Waals surface area contributed by atoms with Crippen LogP contribution in [0.15, 0.2) is 17.9 Å². The van der Waals surface area contributed by atoms with Gasteiger partial charge in [0.05, 0.1) is 6.61 Å². The summed E-state index contributed by atoms with van der Waals surface area (Å²) < 4.78 is 0. The van der Waals surface area contributed by atoms with Crippen LogP contribution in [0.3, 0.4) is 0 Å². The minimum absolute atomic E-state index is 0.196. The highest BCUT2D eigenvalue weighted by atomic mass is 16.7. The number of hydroxylamine groups is 4. The molecule has 1 aliphatic carbocycles.